The molecule has 8 aromatic rings. The van der Waals surface area contributed by atoms with Crippen LogP contribution in [0, 0.1) is 39.8 Å². The van der Waals surface area contributed by atoms with Gasteiger partial charge < -0.3 is 4.40 Å². The number of hydrogen-bond donors (Lipinski definition) is 0. The first kappa shape index (κ1) is 42.3. The van der Waals surface area contributed by atoms with Gasteiger partial charge in [0.05, 0.1) is 22.7 Å². The molecule has 1 aliphatic carbocycles. The Morgan fingerprint density at radius 1 is 0.590 bits per heavy atom. The molecule has 61 heavy (non-hydrogen) atoms. The Hall–Kier alpha value is -5.38. The van der Waals surface area contributed by atoms with Crippen molar-refractivity contribution in [1.82, 2.24) is 24.1 Å². The topological polar surface area (TPSA) is 48.0 Å². The second-order valence-electron chi connectivity index (χ2n) is 19.4. The molecule has 4 heterocycles. The molecule has 0 atom stereocenters. The van der Waals surface area contributed by atoms with Crippen LogP contribution in [0.25, 0.3) is 33.6 Å². The summed E-state index contributed by atoms with van der Waals surface area (Å²) < 4.78 is 4.42. The minimum Gasteiger partial charge on any atom is -0.333 e. The molecule has 0 saturated carbocycles. The van der Waals surface area contributed by atoms with Gasteiger partial charge in [-0.3, -0.25) is 14.6 Å². The van der Waals surface area contributed by atoms with E-state index in [9.17, 15) is 0 Å². The van der Waals surface area contributed by atoms with Gasteiger partial charge in [0.1, 0.15) is 0 Å². The number of rotatable bonds is 6. The van der Waals surface area contributed by atoms with E-state index in [2.05, 4.69) is 213 Å². The Morgan fingerprint density at radius 2 is 1.18 bits per heavy atom. The van der Waals surface area contributed by atoms with E-state index in [1.165, 1.54) is 33.4 Å². The van der Waals surface area contributed by atoms with Crippen LogP contribution in [-0.4, -0.2) is 24.1 Å². The van der Waals surface area contributed by atoms with Crippen LogP contribution in [0.4, 0.5) is 0 Å². The molecule has 0 fully saturated rings. The van der Waals surface area contributed by atoms with Crippen molar-refractivity contribution in [3.63, 3.8) is 0 Å². The Kier molecular flexibility index (Phi) is 10.3. The van der Waals surface area contributed by atoms with Crippen LogP contribution in [0.1, 0.15) is 123 Å². The average molecular weight is 981 g/mol. The number of benzene rings is 4. The quantitative estimate of drug-likeness (QED) is 0.156. The van der Waals surface area contributed by atoms with E-state index in [1.807, 2.05) is 6.20 Å². The van der Waals surface area contributed by atoms with Crippen molar-refractivity contribution >= 4 is 5.65 Å². The maximum absolute atomic E-state index is 5.28. The van der Waals surface area contributed by atoms with Crippen LogP contribution < -0.4 is 0 Å². The van der Waals surface area contributed by atoms with Crippen LogP contribution >= 0.6 is 0 Å². The normalized spacial score (nSPS) is 13.6. The molecular formula is C55H55N5Pt. The van der Waals surface area contributed by atoms with Gasteiger partial charge >= 0.3 is 21.1 Å². The third-order valence-electron chi connectivity index (χ3n) is 13.0. The molecule has 310 valence electrons. The Bertz CT molecular complexity index is 2920. The van der Waals surface area contributed by atoms with Gasteiger partial charge in [-0.1, -0.05) is 140 Å². The Morgan fingerprint density at radius 3 is 1.80 bits per heavy atom. The Balaban J connectivity index is 0.00000514. The zero-order chi connectivity index (χ0) is 42.5. The van der Waals surface area contributed by atoms with Crippen LogP contribution in [0.5, 0.6) is 0 Å². The molecule has 0 radical (unpaired) electrons. The summed E-state index contributed by atoms with van der Waals surface area (Å²) in [6.45, 7) is 26.8. The van der Waals surface area contributed by atoms with Crippen LogP contribution in [0.15, 0.2) is 115 Å². The average Bonchev–Trinajstić information content (AvgIpc) is 3.81. The fraction of sp³-hybridized carbons (Fsp3) is 0.291. The molecule has 4 aromatic heterocycles. The summed E-state index contributed by atoms with van der Waals surface area (Å²) in [7, 11) is 0. The number of aromatic nitrogens is 5. The van der Waals surface area contributed by atoms with Crippen molar-refractivity contribution in [3.05, 3.63) is 195 Å². The van der Waals surface area contributed by atoms with Crippen molar-refractivity contribution in [2.75, 3.05) is 0 Å². The molecule has 0 unspecified atom stereocenters. The van der Waals surface area contributed by atoms with E-state index >= 15 is 0 Å². The summed E-state index contributed by atoms with van der Waals surface area (Å²) in [6.07, 6.45) is 1.96. The zero-order valence-electron chi connectivity index (χ0n) is 37.5. The largest absolute Gasteiger partial charge is 2.00 e. The third kappa shape index (κ3) is 6.67. The van der Waals surface area contributed by atoms with E-state index in [4.69, 9.17) is 15.1 Å². The fourth-order valence-electron chi connectivity index (χ4n) is 9.53. The number of hydrogen-bond acceptors (Lipinski definition) is 3. The monoisotopic (exact) mass is 980 g/mol. The molecule has 0 saturated heterocycles. The van der Waals surface area contributed by atoms with Crippen molar-refractivity contribution < 1.29 is 21.1 Å². The van der Waals surface area contributed by atoms with Gasteiger partial charge in [-0.25, -0.2) is 6.07 Å². The number of imidazole rings is 1. The predicted octanol–water partition coefficient (Wildman–Crippen LogP) is 12.7. The molecule has 0 aliphatic heterocycles. The first-order chi connectivity index (χ1) is 28.4. The number of nitrogens with zero attached hydrogens (tertiary/aromatic N) is 5. The molecule has 5 nitrogen and oxygen atoms in total. The van der Waals surface area contributed by atoms with Gasteiger partial charge in [-0.2, -0.15) is 34.4 Å². The van der Waals surface area contributed by atoms with E-state index in [-0.39, 0.29) is 31.9 Å². The third-order valence-corrected chi connectivity index (χ3v) is 13.0. The minimum atomic E-state index is -0.803. The van der Waals surface area contributed by atoms with Gasteiger partial charge in [0.2, 0.25) is 0 Å². The molecular weight excluding hydrogens is 926 g/mol. The van der Waals surface area contributed by atoms with Gasteiger partial charge in [0, 0.05) is 34.0 Å². The molecule has 0 amide bonds. The second kappa shape index (κ2) is 14.9. The molecule has 0 N–H and O–H groups in total. The van der Waals surface area contributed by atoms with Crippen molar-refractivity contribution in [1.29, 1.82) is 0 Å². The van der Waals surface area contributed by atoms with Crippen molar-refractivity contribution in [2.45, 2.75) is 105 Å². The molecule has 6 heteroatoms. The van der Waals surface area contributed by atoms with Gasteiger partial charge in [0.25, 0.3) is 0 Å². The number of pyridine rings is 2. The number of fused-ring (bicyclic) bond motifs is 4. The molecule has 9 rings (SSSR count). The maximum Gasteiger partial charge on any atom is 2.00 e. The van der Waals surface area contributed by atoms with Crippen LogP contribution in [-0.2, 0) is 42.7 Å². The fourth-order valence-corrected chi connectivity index (χ4v) is 9.53. The second-order valence-corrected chi connectivity index (χ2v) is 19.4. The summed E-state index contributed by atoms with van der Waals surface area (Å²) in [5, 5.41) is 5.25. The Labute approximate surface area is 376 Å². The molecule has 4 aromatic carbocycles. The summed E-state index contributed by atoms with van der Waals surface area (Å²) in [6, 6.07) is 48.1. The summed E-state index contributed by atoms with van der Waals surface area (Å²) >= 11 is 0. The predicted molar refractivity (Wildman–Crippen MR) is 245 cm³/mol. The molecule has 1 aliphatic rings. The van der Waals surface area contributed by atoms with Crippen LogP contribution in [0.2, 0.25) is 0 Å². The van der Waals surface area contributed by atoms with E-state index in [0.717, 1.165) is 67.8 Å². The van der Waals surface area contributed by atoms with Gasteiger partial charge in [-0.05, 0) is 89.7 Å². The zero-order valence-corrected chi connectivity index (χ0v) is 39.8. The SMILES string of the molecule is Cc1nn(-c2[c-]c(C3(c4[c-]c(C(C)(C)c5cc(C(C)(C)C)ccn5)n5c(C)c(C)nc5c4)c4ccccc4-c4ccccc43)cc(C(C)(C)C)c2)c(C)c1-c1ccccc1.[Pt+2]. The van der Waals surface area contributed by atoms with E-state index in [1.54, 1.807) is 0 Å². The summed E-state index contributed by atoms with van der Waals surface area (Å²) in [5.74, 6) is 0. The van der Waals surface area contributed by atoms with Crippen molar-refractivity contribution in [3.8, 4) is 27.9 Å². The standard InChI is InChI=1S/C55H55N5.Pt/c1-34-36(3)59-49(54(11,12)48-31-39(26-27-56-48)52(5,6)7)32-42(33-50(59)57-34)55(46-24-18-16-22-44(46)45-23-17-19-25-47(45)55)41-28-40(53(8,9)10)29-43(30-41)60-37(4)51(35(2)58-60)38-20-14-13-15-21-38;/h13-29,31,33H,1-12H3;/q-2;+2. The molecule has 0 spiro atoms. The first-order valence-electron chi connectivity index (χ1n) is 21.2. The first-order valence-corrected chi connectivity index (χ1v) is 21.2. The molecule has 0 bridgehead atoms. The van der Waals surface area contributed by atoms with Gasteiger partial charge in [-0.15, -0.1) is 11.6 Å². The summed E-state index contributed by atoms with van der Waals surface area (Å²) in [5.41, 5.74) is 18.1. The smallest absolute Gasteiger partial charge is 0.333 e. The van der Waals surface area contributed by atoms with Crippen molar-refractivity contribution in [2.24, 2.45) is 0 Å². The minimum absolute atomic E-state index is 0. The van der Waals surface area contributed by atoms with Gasteiger partial charge in [0.15, 0.2) is 0 Å². The maximum atomic E-state index is 5.28. The summed E-state index contributed by atoms with van der Waals surface area (Å²) in [4.78, 5) is 10.4. The van der Waals surface area contributed by atoms with E-state index < -0.39 is 10.8 Å². The van der Waals surface area contributed by atoms with Crippen LogP contribution in [0.3, 0.4) is 0 Å². The number of aryl methyl sites for hydroxylation is 3. The van der Waals surface area contributed by atoms with E-state index in [0.29, 0.717) is 0 Å².